The van der Waals surface area contributed by atoms with Gasteiger partial charge in [0.15, 0.2) is 9.84 Å². The lowest BCUT2D eigenvalue weighted by molar-refractivity contribution is 0.402. The number of nitrogens with one attached hydrogen (secondary N) is 1. The molecule has 2 aromatic carbocycles. The Labute approximate surface area is 183 Å². The standard InChI is InChI=1S/C19H17ClFNO5S3/c1-27-16-9-6-14(20)11-17(16)30(25,26)22-12-18(13-4-7-15(21)8-5-13)29(23,24)19-3-2-10-28-19/h2-11,18,22H,12H2,1H3/t18-/m1/s1. The van der Waals surface area contributed by atoms with Crippen LogP contribution in [0.25, 0.3) is 0 Å². The average Bonchev–Trinajstić information content (AvgIpc) is 3.25. The van der Waals surface area contributed by atoms with Crippen molar-refractivity contribution in [3.8, 4) is 5.75 Å². The van der Waals surface area contributed by atoms with Gasteiger partial charge < -0.3 is 4.74 Å². The molecule has 0 amide bonds. The Kier molecular flexibility index (Phi) is 6.83. The summed E-state index contributed by atoms with van der Waals surface area (Å²) in [5.74, 6) is -0.471. The van der Waals surface area contributed by atoms with Crippen molar-refractivity contribution >= 4 is 42.8 Å². The molecule has 0 fully saturated rings. The second-order valence-corrected chi connectivity index (χ2v) is 11.6. The van der Waals surface area contributed by atoms with Gasteiger partial charge in [-0.25, -0.2) is 25.9 Å². The number of methoxy groups -OCH3 is 1. The zero-order chi connectivity index (χ0) is 21.9. The molecule has 0 saturated carbocycles. The zero-order valence-corrected chi connectivity index (χ0v) is 18.8. The fourth-order valence-electron chi connectivity index (χ4n) is 2.77. The lowest BCUT2D eigenvalue weighted by Gasteiger charge is -2.19. The molecule has 0 bridgehead atoms. The fraction of sp³-hybridized carbons (Fsp3) is 0.158. The van der Waals surface area contributed by atoms with Crippen LogP contribution in [-0.2, 0) is 19.9 Å². The van der Waals surface area contributed by atoms with E-state index >= 15 is 0 Å². The van der Waals surface area contributed by atoms with Gasteiger partial charge in [0.25, 0.3) is 0 Å². The van der Waals surface area contributed by atoms with Gasteiger partial charge in [-0.15, -0.1) is 11.3 Å². The summed E-state index contributed by atoms with van der Waals surface area (Å²) in [6, 6.07) is 12.0. The summed E-state index contributed by atoms with van der Waals surface area (Å²) in [6.07, 6.45) is 0. The van der Waals surface area contributed by atoms with Crippen molar-refractivity contribution < 1.29 is 26.0 Å². The highest BCUT2D eigenvalue weighted by Crippen LogP contribution is 2.32. The minimum absolute atomic E-state index is 0.0614. The summed E-state index contributed by atoms with van der Waals surface area (Å²) in [5, 5.41) is 0.518. The van der Waals surface area contributed by atoms with Crippen LogP contribution in [0.5, 0.6) is 5.75 Å². The van der Waals surface area contributed by atoms with Crippen LogP contribution in [0.15, 0.2) is 69.1 Å². The number of sulfone groups is 1. The van der Waals surface area contributed by atoms with Crippen LogP contribution in [0, 0.1) is 5.82 Å². The summed E-state index contributed by atoms with van der Waals surface area (Å²) >= 11 is 6.93. The van der Waals surface area contributed by atoms with Gasteiger partial charge in [-0.1, -0.05) is 29.8 Å². The van der Waals surface area contributed by atoms with Gasteiger partial charge in [0, 0.05) is 11.6 Å². The van der Waals surface area contributed by atoms with Gasteiger partial charge in [-0.2, -0.15) is 0 Å². The first-order valence-electron chi connectivity index (χ1n) is 8.51. The predicted molar refractivity (Wildman–Crippen MR) is 114 cm³/mol. The molecule has 0 unspecified atom stereocenters. The van der Waals surface area contributed by atoms with Crippen molar-refractivity contribution in [2.45, 2.75) is 14.4 Å². The largest absolute Gasteiger partial charge is 0.495 e. The van der Waals surface area contributed by atoms with Crippen LogP contribution in [0.4, 0.5) is 4.39 Å². The molecule has 1 atom stereocenters. The van der Waals surface area contributed by atoms with Gasteiger partial charge in [0.2, 0.25) is 10.0 Å². The monoisotopic (exact) mass is 489 g/mol. The number of hydrogen-bond acceptors (Lipinski definition) is 6. The number of hydrogen-bond donors (Lipinski definition) is 1. The summed E-state index contributed by atoms with van der Waals surface area (Å²) < 4.78 is 72.9. The van der Waals surface area contributed by atoms with E-state index in [2.05, 4.69) is 4.72 Å². The summed E-state index contributed by atoms with van der Waals surface area (Å²) in [5.41, 5.74) is 0.255. The molecule has 1 N–H and O–H groups in total. The maximum atomic E-state index is 13.4. The number of thiophene rings is 1. The normalized spacial score (nSPS) is 13.2. The third kappa shape index (κ3) is 4.84. The maximum absolute atomic E-state index is 13.4. The van der Waals surface area contributed by atoms with Crippen LogP contribution < -0.4 is 9.46 Å². The van der Waals surface area contributed by atoms with Gasteiger partial charge in [0.1, 0.15) is 25.9 Å². The van der Waals surface area contributed by atoms with E-state index in [1.54, 1.807) is 11.4 Å². The predicted octanol–water partition coefficient (Wildman–Crippen LogP) is 4.04. The molecule has 0 radical (unpaired) electrons. The number of sulfonamides is 1. The van der Waals surface area contributed by atoms with Crippen LogP contribution in [-0.4, -0.2) is 30.5 Å². The molecule has 11 heteroatoms. The molecular weight excluding hydrogens is 473 g/mol. The van der Waals surface area contributed by atoms with E-state index in [-0.39, 0.29) is 25.4 Å². The number of ether oxygens (including phenoxy) is 1. The molecule has 0 saturated heterocycles. The van der Waals surface area contributed by atoms with Crippen molar-refractivity contribution in [1.29, 1.82) is 0 Å². The van der Waals surface area contributed by atoms with Gasteiger partial charge in [0.05, 0.1) is 7.11 Å². The van der Waals surface area contributed by atoms with Gasteiger partial charge in [-0.05, 0) is 47.3 Å². The molecule has 160 valence electrons. The second-order valence-electron chi connectivity index (χ2n) is 6.16. The minimum Gasteiger partial charge on any atom is -0.495 e. The average molecular weight is 490 g/mol. The van der Waals surface area contributed by atoms with Crippen LogP contribution in [0.2, 0.25) is 5.02 Å². The lowest BCUT2D eigenvalue weighted by atomic mass is 10.1. The minimum atomic E-state index is -4.16. The van der Waals surface area contributed by atoms with E-state index in [1.807, 2.05) is 0 Å². The molecule has 1 heterocycles. The van der Waals surface area contributed by atoms with Crippen LogP contribution in [0.1, 0.15) is 10.8 Å². The Morgan fingerprint density at radius 2 is 1.80 bits per heavy atom. The maximum Gasteiger partial charge on any atom is 0.244 e. The highest BCUT2D eigenvalue weighted by molar-refractivity contribution is 7.93. The SMILES string of the molecule is COc1ccc(Cl)cc1S(=O)(=O)NC[C@H](c1ccc(F)cc1)S(=O)(=O)c1cccs1. The lowest BCUT2D eigenvalue weighted by Crippen LogP contribution is -2.32. The summed E-state index contributed by atoms with van der Waals surface area (Å²) in [4.78, 5) is -0.219. The quantitative estimate of drug-likeness (QED) is 0.515. The summed E-state index contributed by atoms with van der Waals surface area (Å²) in [6.45, 7) is -0.468. The molecular formula is C19H17ClFNO5S3. The Morgan fingerprint density at radius 1 is 1.10 bits per heavy atom. The Balaban J connectivity index is 1.98. The van der Waals surface area contributed by atoms with E-state index in [0.717, 1.165) is 23.5 Å². The Bertz CT molecular complexity index is 1230. The molecule has 6 nitrogen and oxygen atoms in total. The zero-order valence-electron chi connectivity index (χ0n) is 15.6. The Morgan fingerprint density at radius 3 is 2.40 bits per heavy atom. The van der Waals surface area contributed by atoms with Crippen molar-refractivity contribution in [3.05, 3.63) is 76.4 Å². The van der Waals surface area contributed by atoms with Crippen molar-refractivity contribution in [3.63, 3.8) is 0 Å². The van der Waals surface area contributed by atoms with Gasteiger partial charge in [-0.3, -0.25) is 0 Å². The van der Waals surface area contributed by atoms with E-state index in [0.29, 0.717) is 0 Å². The molecule has 0 aliphatic carbocycles. The first-order chi connectivity index (χ1) is 14.1. The van der Waals surface area contributed by atoms with E-state index < -0.39 is 37.5 Å². The first kappa shape index (κ1) is 22.7. The smallest absolute Gasteiger partial charge is 0.244 e. The molecule has 0 aliphatic heterocycles. The van der Waals surface area contributed by atoms with E-state index in [4.69, 9.17) is 16.3 Å². The first-order valence-corrected chi connectivity index (χ1v) is 12.8. The fourth-order valence-corrected chi connectivity index (χ4v) is 7.22. The molecule has 3 rings (SSSR count). The third-order valence-electron chi connectivity index (χ3n) is 4.27. The Hall–Kier alpha value is -1.98. The molecule has 3 aromatic rings. The number of benzene rings is 2. The number of rotatable bonds is 8. The van der Waals surface area contributed by atoms with E-state index in [9.17, 15) is 21.2 Å². The molecule has 0 aliphatic rings. The van der Waals surface area contributed by atoms with E-state index in [1.165, 1.54) is 43.5 Å². The molecule has 0 spiro atoms. The van der Waals surface area contributed by atoms with Crippen molar-refractivity contribution in [2.75, 3.05) is 13.7 Å². The third-order valence-corrected chi connectivity index (χ3v) is 9.48. The highest BCUT2D eigenvalue weighted by Gasteiger charge is 2.32. The molecule has 30 heavy (non-hydrogen) atoms. The second kappa shape index (κ2) is 9.03. The highest BCUT2D eigenvalue weighted by atomic mass is 35.5. The van der Waals surface area contributed by atoms with Crippen molar-refractivity contribution in [1.82, 2.24) is 4.72 Å². The molecule has 1 aromatic heterocycles. The van der Waals surface area contributed by atoms with Gasteiger partial charge >= 0.3 is 0 Å². The topological polar surface area (TPSA) is 89.5 Å². The van der Waals surface area contributed by atoms with Crippen LogP contribution in [0.3, 0.4) is 0 Å². The summed E-state index contributed by atoms with van der Waals surface area (Å²) in [7, 11) is -6.79. The van der Waals surface area contributed by atoms with Crippen molar-refractivity contribution in [2.24, 2.45) is 0 Å². The number of halogens is 2. The van der Waals surface area contributed by atoms with Crippen LogP contribution >= 0.6 is 22.9 Å².